The van der Waals surface area contributed by atoms with Crippen LogP contribution in [-0.2, 0) is 14.4 Å². The van der Waals surface area contributed by atoms with Crippen molar-refractivity contribution in [2.45, 2.75) is 112 Å². The number of ketones is 2. The molecule has 0 radical (unpaired) electrons. The molecule has 232 valence electrons. The number of halogens is 3. The number of nitrogens with one attached hydrogen (secondary N) is 1. The highest BCUT2D eigenvalue weighted by atomic mass is 19.4. The van der Waals surface area contributed by atoms with Gasteiger partial charge in [-0.3, -0.25) is 14.4 Å². The van der Waals surface area contributed by atoms with Crippen LogP contribution < -0.4 is 5.32 Å². The molecule has 0 aromatic rings. The Balaban J connectivity index is 1.55. The molecule has 1 N–H and O–H groups in total. The van der Waals surface area contributed by atoms with Crippen molar-refractivity contribution in [3.05, 3.63) is 11.6 Å². The van der Waals surface area contributed by atoms with Crippen LogP contribution in [0.25, 0.3) is 0 Å². The van der Waals surface area contributed by atoms with Gasteiger partial charge >= 0.3 is 6.18 Å². The Labute approximate surface area is 248 Å². The fourth-order valence-electron chi connectivity index (χ4n) is 11.3. The number of alkyl halides is 3. The van der Waals surface area contributed by atoms with Crippen LogP contribution in [0.5, 0.6) is 0 Å². The van der Waals surface area contributed by atoms with E-state index in [1.54, 1.807) is 0 Å². The van der Waals surface area contributed by atoms with Crippen LogP contribution in [0.1, 0.15) is 106 Å². The first kappa shape index (κ1) is 31.3. The number of hydrogen-bond acceptors (Lipinski definition) is 4. The van der Waals surface area contributed by atoms with E-state index >= 15 is 0 Å². The van der Waals surface area contributed by atoms with Crippen LogP contribution in [-0.4, -0.2) is 30.2 Å². The van der Waals surface area contributed by atoms with Crippen molar-refractivity contribution in [3.8, 4) is 6.07 Å². The molecule has 4 saturated carbocycles. The van der Waals surface area contributed by atoms with Crippen LogP contribution >= 0.6 is 0 Å². The molecule has 5 aliphatic rings. The van der Waals surface area contributed by atoms with Crippen molar-refractivity contribution < 1.29 is 27.6 Å². The minimum absolute atomic E-state index is 0.0220. The first-order valence-corrected chi connectivity index (χ1v) is 15.7. The molecule has 0 heterocycles. The first-order valence-electron chi connectivity index (χ1n) is 15.7. The average Bonchev–Trinajstić information content (AvgIpc) is 2.87. The Kier molecular flexibility index (Phi) is 7.01. The van der Waals surface area contributed by atoms with E-state index in [1.165, 1.54) is 0 Å². The van der Waals surface area contributed by atoms with Gasteiger partial charge in [0.25, 0.3) is 0 Å². The zero-order valence-electron chi connectivity index (χ0n) is 26.3. The van der Waals surface area contributed by atoms with Crippen molar-refractivity contribution in [1.29, 1.82) is 5.26 Å². The molecule has 5 rings (SSSR count). The molecule has 5 aliphatic carbocycles. The van der Waals surface area contributed by atoms with Gasteiger partial charge in [-0.25, -0.2) is 0 Å². The predicted octanol–water partition coefficient (Wildman–Crippen LogP) is 7.35. The summed E-state index contributed by atoms with van der Waals surface area (Å²) in [4.78, 5) is 40.8. The number of nitrogens with zero attached hydrogens (tertiary/aromatic N) is 1. The normalized spacial score (nSPS) is 44.0. The molecular weight excluding hydrogens is 541 g/mol. The molecule has 1 amide bonds. The van der Waals surface area contributed by atoms with E-state index < -0.39 is 34.9 Å². The number of carbonyl (C=O) groups excluding carboxylic acids is 3. The van der Waals surface area contributed by atoms with E-state index in [4.69, 9.17) is 0 Å². The topological polar surface area (TPSA) is 87.0 Å². The Hall–Kier alpha value is -2.17. The molecule has 0 aromatic heterocycles. The average molecular weight is 589 g/mol. The summed E-state index contributed by atoms with van der Waals surface area (Å²) in [5, 5.41) is 12.0. The third-order valence-corrected chi connectivity index (χ3v) is 13.6. The second-order valence-corrected chi connectivity index (χ2v) is 16.6. The zero-order chi connectivity index (χ0) is 31.3. The number of fused-ring (bicyclic) bond motifs is 7. The summed E-state index contributed by atoms with van der Waals surface area (Å²) in [6.45, 7) is 13.7. The van der Waals surface area contributed by atoms with E-state index in [0.29, 0.717) is 12.8 Å². The fraction of sp³-hybridized carbons (Fsp3) is 0.824. The van der Waals surface area contributed by atoms with E-state index in [9.17, 15) is 32.8 Å². The number of nitriles is 1. The van der Waals surface area contributed by atoms with Gasteiger partial charge in [0.15, 0.2) is 5.78 Å². The van der Waals surface area contributed by atoms with E-state index in [0.717, 1.165) is 38.5 Å². The lowest BCUT2D eigenvalue weighted by molar-refractivity contribution is -0.223. The quantitative estimate of drug-likeness (QED) is 0.373. The Morgan fingerprint density at radius 2 is 1.62 bits per heavy atom. The number of Topliss-reactive ketones (excluding diaryl/α,β-unsaturated/α-hetero) is 2. The van der Waals surface area contributed by atoms with Gasteiger partial charge in [-0.2, -0.15) is 18.4 Å². The summed E-state index contributed by atoms with van der Waals surface area (Å²) < 4.78 is 38.7. The van der Waals surface area contributed by atoms with Gasteiger partial charge in [0.1, 0.15) is 18.4 Å². The number of hydrogen-bond donors (Lipinski definition) is 1. The SMILES string of the molecule is CC1(C)CC[C@]2(CC(=O)NCC(F)(F)F)CC[C@]3(C)[C@H](C(=O)C[C@@H]4[C@@]5(C)C=C(C#N)C(=O)C(C)(C)[C@@H]5CC[C@]43C)[C@@H]2C1. The molecule has 0 bridgehead atoms. The molecule has 8 atom stereocenters. The van der Waals surface area contributed by atoms with Crippen LogP contribution in [0.2, 0.25) is 0 Å². The summed E-state index contributed by atoms with van der Waals surface area (Å²) in [7, 11) is 0. The van der Waals surface area contributed by atoms with Crippen molar-refractivity contribution in [2.75, 3.05) is 6.54 Å². The predicted molar refractivity (Wildman–Crippen MR) is 153 cm³/mol. The maximum Gasteiger partial charge on any atom is 0.405 e. The molecule has 42 heavy (non-hydrogen) atoms. The summed E-state index contributed by atoms with van der Waals surface area (Å²) in [5.74, 6) is -0.878. The molecular formula is C34H47F3N2O3. The molecule has 5 nitrogen and oxygen atoms in total. The minimum atomic E-state index is -4.47. The molecule has 4 fully saturated rings. The monoisotopic (exact) mass is 588 g/mol. The van der Waals surface area contributed by atoms with Crippen molar-refractivity contribution >= 4 is 17.5 Å². The number of allylic oxidation sites excluding steroid dienone is 2. The van der Waals surface area contributed by atoms with Gasteiger partial charge < -0.3 is 5.32 Å². The molecule has 0 aromatic carbocycles. The maximum atomic E-state index is 14.6. The van der Waals surface area contributed by atoms with Crippen molar-refractivity contribution in [3.63, 3.8) is 0 Å². The third-order valence-electron chi connectivity index (χ3n) is 13.6. The Bertz CT molecular complexity index is 1280. The van der Waals surface area contributed by atoms with Crippen molar-refractivity contribution in [1.82, 2.24) is 5.32 Å². The van der Waals surface area contributed by atoms with Gasteiger partial charge in [0.05, 0.1) is 5.57 Å². The molecule has 0 unspecified atom stereocenters. The summed E-state index contributed by atoms with van der Waals surface area (Å²) >= 11 is 0. The van der Waals surface area contributed by atoms with Gasteiger partial charge in [0, 0.05) is 24.2 Å². The van der Waals surface area contributed by atoms with E-state index in [2.05, 4.69) is 46.0 Å². The summed E-state index contributed by atoms with van der Waals surface area (Å²) in [6.07, 6.45) is 3.32. The Morgan fingerprint density at radius 3 is 2.24 bits per heavy atom. The van der Waals surface area contributed by atoms with Gasteiger partial charge in [0.2, 0.25) is 5.91 Å². The van der Waals surface area contributed by atoms with Gasteiger partial charge in [-0.15, -0.1) is 0 Å². The minimum Gasteiger partial charge on any atom is -0.347 e. The second kappa shape index (κ2) is 9.41. The second-order valence-electron chi connectivity index (χ2n) is 16.6. The van der Waals surface area contributed by atoms with Crippen molar-refractivity contribution in [2.24, 2.45) is 56.2 Å². The largest absolute Gasteiger partial charge is 0.405 e. The highest BCUT2D eigenvalue weighted by Crippen LogP contribution is 2.76. The van der Waals surface area contributed by atoms with Gasteiger partial charge in [-0.1, -0.05) is 54.5 Å². The standard InChI is InChI=1S/C34H47F3N2O3/c1-28(2)10-12-33(17-25(41)39-19-34(35,36)37)13-11-32(7)26(21(33)16-28)22(40)14-24-30(5)15-20(18-38)27(42)29(3,4)23(30)8-9-31(24,32)6/h15,21,23-24,26H,8-14,16-17,19H2,1-7H3,(H,39,41)/t21-,23-,24+,26-,30-,31+,32+,33+/m0/s1. The van der Waals surface area contributed by atoms with Crippen LogP contribution in [0.4, 0.5) is 13.2 Å². The highest BCUT2D eigenvalue weighted by molar-refractivity contribution is 6.04. The van der Waals surface area contributed by atoms with E-state index in [-0.39, 0.29) is 63.5 Å². The number of amides is 1. The van der Waals surface area contributed by atoms with Crippen LogP contribution in [0.3, 0.4) is 0 Å². The highest BCUT2D eigenvalue weighted by Gasteiger charge is 2.72. The molecule has 0 aliphatic heterocycles. The van der Waals surface area contributed by atoms with Gasteiger partial charge in [-0.05, 0) is 89.8 Å². The molecule has 8 heteroatoms. The fourth-order valence-corrected chi connectivity index (χ4v) is 11.3. The summed E-state index contributed by atoms with van der Waals surface area (Å²) in [6, 6.07) is 2.16. The lowest BCUT2D eigenvalue weighted by atomic mass is 9.31. The summed E-state index contributed by atoms with van der Waals surface area (Å²) in [5.41, 5.74) is -2.12. The molecule has 0 spiro atoms. The first-order chi connectivity index (χ1) is 19.2. The smallest absolute Gasteiger partial charge is 0.347 e. The Morgan fingerprint density at radius 1 is 0.976 bits per heavy atom. The number of rotatable bonds is 3. The number of carbonyl (C=O) groups is 3. The molecule has 0 saturated heterocycles. The maximum absolute atomic E-state index is 14.6. The zero-order valence-corrected chi connectivity index (χ0v) is 26.3. The third kappa shape index (κ3) is 4.41. The van der Waals surface area contributed by atoms with Crippen LogP contribution in [0, 0.1) is 67.5 Å². The lowest BCUT2D eigenvalue weighted by Crippen LogP contribution is -2.68. The lowest BCUT2D eigenvalue weighted by Gasteiger charge is -2.72. The van der Waals surface area contributed by atoms with Crippen LogP contribution in [0.15, 0.2) is 11.6 Å². The van der Waals surface area contributed by atoms with E-state index in [1.807, 2.05) is 19.9 Å².